The first kappa shape index (κ1) is 11.2. The number of fused-ring (bicyclic) bond motifs is 1. The summed E-state index contributed by atoms with van der Waals surface area (Å²) in [6.07, 6.45) is 0.469. The SMILES string of the molecule is CCC(=O)c1ccc(-c2ccc3sccc3c2)o1. The van der Waals surface area contributed by atoms with Crippen molar-refractivity contribution in [1.29, 1.82) is 0 Å². The van der Waals surface area contributed by atoms with Gasteiger partial charge in [0.1, 0.15) is 5.76 Å². The number of benzene rings is 1. The van der Waals surface area contributed by atoms with Crippen molar-refractivity contribution in [3.8, 4) is 11.3 Å². The fraction of sp³-hybridized carbons (Fsp3) is 0.133. The lowest BCUT2D eigenvalue weighted by Gasteiger charge is -1.97. The molecule has 0 saturated carbocycles. The Labute approximate surface area is 109 Å². The zero-order valence-corrected chi connectivity index (χ0v) is 10.8. The van der Waals surface area contributed by atoms with Crippen molar-refractivity contribution in [1.82, 2.24) is 0 Å². The Morgan fingerprint density at radius 3 is 2.94 bits per heavy atom. The highest BCUT2D eigenvalue weighted by Crippen LogP contribution is 2.28. The highest BCUT2D eigenvalue weighted by molar-refractivity contribution is 7.17. The second-order valence-electron chi connectivity index (χ2n) is 4.11. The maximum atomic E-state index is 11.5. The molecule has 0 bridgehead atoms. The predicted octanol–water partition coefficient (Wildman–Crippen LogP) is 4.75. The van der Waals surface area contributed by atoms with E-state index in [1.165, 1.54) is 10.1 Å². The Morgan fingerprint density at radius 2 is 2.11 bits per heavy atom. The third-order valence-electron chi connectivity index (χ3n) is 2.94. The van der Waals surface area contributed by atoms with Gasteiger partial charge in [0, 0.05) is 16.7 Å². The molecule has 0 fully saturated rings. The van der Waals surface area contributed by atoms with Crippen LogP contribution in [0.3, 0.4) is 0 Å². The summed E-state index contributed by atoms with van der Waals surface area (Å²) in [6.45, 7) is 1.84. The van der Waals surface area contributed by atoms with E-state index in [0.29, 0.717) is 12.2 Å². The van der Waals surface area contributed by atoms with E-state index in [9.17, 15) is 4.79 Å². The minimum Gasteiger partial charge on any atom is -0.453 e. The molecule has 1 aromatic carbocycles. The van der Waals surface area contributed by atoms with Crippen LogP contribution >= 0.6 is 11.3 Å². The maximum absolute atomic E-state index is 11.5. The van der Waals surface area contributed by atoms with E-state index in [-0.39, 0.29) is 5.78 Å². The molecule has 3 rings (SSSR count). The van der Waals surface area contributed by atoms with Crippen molar-refractivity contribution < 1.29 is 9.21 Å². The van der Waals surface area contributed by atoms with Crippen LogP contribution in [0.1, 0.15) is 23.9 Å². The normalized spacial score (nSPS) is 10.9. The van der Waals surface area contributed by atoms with Crippen LogP contribution in [-0.2, 0) is 0 Å². The Balaban J connectivity index is 2.03. The number of hydrogen-bond donors (Lipinski definition) is 0. The van der Waals surface area contributed by atoms with Crippen LogP contribution in [0.15, 0.2) is 46.2 Å². The molecule has 0 N–H and O–H groups in total. The van der Waals surface area contributed by atoms with E-state index < -0.39 is 0 Å². The van der Waals surface area contributed by atoms with Crippen molar-refractivity contribution in [2.75, 3.05) is 0 Å². The third-order valence-corrected chi connectivity index (χ3v) is 3.84. The first-order valence-corrected chi connectivity index (χ1v) is 6.76. The summed E-state index contributed by atoms with van der Waals surface area (Å²) < 4.78 is 6.86. The van der Waals surface area contributed by atoms with E-state index in [1.807, 2.05) is 19.1 Å². The molecule has 2 nitrogen and oxygen atoms in total. The van der Waals surface area contributed by atoms with Crippen LogP contribution < -0.4 is 0 Å². The Kier molecular flexibility index (Phi) is 2.76. The zero-order chi connectivity index (χ0) is 12.5. The monoisotopic (exact) mass is 256 g/mol. The molecule has 0 saturated heterocycles. The average molecular weight is 256 g/mol. The largest absolute Gasteiger partial charge is 0.453 e. The second kappa shape index (κ2) is 4.42. The summed E-state index contributed by atoms with van der Waals surface area (Å²) in [7, 11) is 0. The number of furan rings is 1. The van der Waals surface area contributed by atoms with Crippen LogP contribution in [0.2, 0.25) is 0 Å². The number of ketones is 1. The van der Waals surface area contributed by atoms with E-state index in [0.717, 1.165) is 11.3 Å². The molecule has 0 unspecified atom stereocenters. The van der Waals surface area contributed by atoms with Crippen LogP contribution in [-0.4, -0.2) is 5.78 Å². The van der Waals surface area contributed by atoms with Crippen molar-refractivity contribution in [3.05, 3.63) is 47.5 Å². The fourth-order valence-electron chi connectivity index (χ4n) is 1.94. The van der Waals surface area contributed by atoms with Gasteiger partial charge < -0.3 is 4.42 Å². The molecule has 0 amide bonds. The van der Waals surface area contributed by atoms with Gasteiger partial charge in [0.25, 0.3) is 0 Å². The van der Waals surface area contributed by atoms with E-state index in [4.69, 9.17) is 4.42 Å². The van der Waals surface area contributed by atoms with Gasteiger partial charge in [0.05, 0.1) is 0 Å². The van der Waals surface area contributed by atoms with Crippen molar-refractivity contribution >= 4 is 27.2 Å². The molecule has 0 aliphatic heterocycles. The number of rotatable bonds is 3. The topological polar surface area (TPSA) is 30.2 Å². The lowest BCUT2D eigenvalue weighted by Crippen LogP contribution is -1.92. The zero-order valence-electron chi connectivity index (χ0n) is 9.97. The van der Waals surface area contributed by atoms with Gasteiger partial charge in [-0.1, -0.05) is 6.92 Å². The number of hydrogen-bond acceptors (Lipinski definition) is 3. The minimum atomic E-state index is 0.0397. The maximum Gasteiger partial charge on any atom is 0.197 e. The molecule has 3 heteroatoms. The molecule has 0 atom stereocenters. The lowest BCUT2D eigenvalue weighted by atomic mass is 10.1. The van der Waals surface area contributed by atoms with Gasteiger partial charge in [-0.05, 0) is 47.2 Å². The van der Waals surface area contributed by atoms with Crippen molar-refractivity contribution in [3.63, 3.8) is 0 Å². The number of thiophene rings is 1. The first-order valence-electron chi connectivity index (χ1n) is 5.88. The molecule has 2 aromatic heterocycles. The number of Topliss-reactive ketones (excluding diaryl/α,β-unsaturated/α-hetero) is 1. The molecule has 90 valence electrons. The van der Waals surface area contributed by atoms with Crippen LogP contribution in [0.5, 0.6) is 0 Å². The number of carbonyl (C=O) groups is 1. The molecule has 3 aromatic rings. The smallest absolute Gasteiger partial charge is 0.197 e. The average Bonchev–Trinajstić information content (AvgIpc) is 3.05. The van der Waals surface area contributed by atoms with Gasteiger partial charge in [-0.25, -0.2) is 0 Å². The summed E-state index contributed by atoms with van der Waals surface area (Å²) in [5.41, 5.74) is 1.01. The predicted molar refractivity (Wildman–Crippen MR) is 74.1 cm³/mol. The Hall–Kier alpha value is -1.87. The van der Waals surface area contributed by atoms with E-state index >= 15 is 0 Å². The quantitative estimate of drug-likeness (QED) is 0.633. The minimum absolute atomic E-state index is 0.0397. The molecular formula is C15H12O2S. The summed E-state index contributed by atoms with van der Waals surface area (Å²) in [5, 5.41) is 3.28. The summed E-state index contributed by atoms with van der Waals surface area (Å²) in [5.74, 6) is 1.23. The van der Waals surface area contributed by atoms with Gasteiger partial charge >= 0.3 is 0 Å². The third kappa shape index (κ3) is 1.87. The number of carbonyl (C=O) groups excluding carboxylic acids is 1. The standard InChI is InChI=1S/C15H12O2S/c1-2-12(16)14-5-4-13(17-14)10-3-6-15-11(9-10)7-8-18-15/h3-9H,2H2,1H3. The molecule has 0 spiro atoms. The van der Waals surface area contributed by atoms with Gasteiger partial charge in [0.15, 0.2) is 11.5 Å². The Bertz CT molecular complexity index is 706. The van der Waals surface area contributed by atoms with Gasteiger partial charge in [-0.3, -0.25) is 4.79 Å². The van der Waals surface area contributed by atoms with Gasteiger partial charge in [-0.15, -0.1) is 11.3 Å². The summed E-state index contributed by atoms with van der Waals surface area (Å²) in [4.78, 5) is 11.5. The first-order chi connectivity index (χ1) is 8.78. The van der Waals surface area contributed by atoms with Crippen molar-refractivity contribution in [2.45, 2.75) is 13.3 Å². The Morgan fingerprint density at radius 1 is 1.22 bits per heavy atom. The molecule has 18 heavy (non-hydrogen) atoms. The molecule has 0 radical (unpaired) electrons. The fourth-order valence-corrected chi connectivity index (χ4v) is 2.71. The van der Waals surface area contributed by atoms with Crippen LogP contribution in [0.25, 0.3) is 21.4 Å². The molecule has 0 aliphatic carbocycles. The lowest BCUT2D eigenvalue weighted by molar-refractivity contribution is 0.0962. The second-order valence-corrected chi connectivity index (χ2v) is 5.06. The molecule has 2 heterocycles. The van der Waals surface area contributed by atoms with Gasteiger partial charge in [0.2, 0.25) is 0 Å². The summed E-state index contributed by atoms with van der Waals surface area (Å²) >= 11 is 1.72. The van der Waals surface area contributed by atoms with E-state index in [1.54, 1.807) is 17.4 Å². The highest BCUT2D eigenvalue weighted by atomic mass is 32.1. The van der Waals surface area contributed by atoms with Gasteiger partial charge in [-0.2, -0.15) is 0 Å². The highest BCUT2D eigenvalue weighted by Gasteiger charge is 2.10. The molecule has 0 aliphatic rings. The molecular weight excluding hydrogens is 244 g/mol. The summed E-state index contributed by atoms with van der Waals surface area (Å²) in [6, 6.07) is 11.9. The van der Waals surface area contributed by atoms with E-state index in [2.05, 4.69) is 23.6 Å². The van der Waals surface area contributed by atoms with Crippen LogP contribution in [0, 0.1) is 0 Å². The van der Waals surface area contributed by atoms with Crippen LogP contribution in [0.4, 0.5) is 0 Å². The van der Waals surface area contributed by atoms with Crippen molar-refractivity contribution in [2.24, 2.45) is 0 Å².